The van der Waals surface area contributed by atoms with E-state index in [9.17, 15) is 27.9 Å². The summed E-state index contributed by atoms with van der Waals surface area (Å²) in [4.78, 5) is 27.7. The second kappa shape index (κ2) is 11.6. The standard InChI is InChI=1S/C30H35F4N3O4/c31-24-16-21(28(40)37-15-10-25(38)26(37)27(35)39)4-7-23(24)20-2-5-22(6-3-20)41-17-19-8-13-36(14-9-19)18-29(11-1-12-29)30(32,33)34/h2-7,16,19,25-26,38H,1,8-15,17-18H2,(H2,35,39)/t25-,26-/m0/s1. The number of nitrogens with zero attached hydrogens (tertiary/aromatic N) is 2. The predicted molar refractivity (Wildman–Crippen MR) is 143 cm³/mol. The fourth-order valence-corrected chi connectivity index (χ4v) is 6.21. The molecule has 3 N–H and O–H groups in total. The third-order valence-electron chi connectivity index (χ3n) is 8.93. The molecule has 2 aliphatic heterocycles. The molecule has 5 rings (SSSR count). The van der Waals surface area contributed by atoms with Gasteiger partial charge in [-0.2, -0.15) is 13.2 Å². The number of alkyl halides is 3. The average Bonchev–Trinajstić information content (AvgIpc) is 3.31. The Morgan fingerprint density at radius 1 is 1.02 bits per heavy atom. The van der Waals surface area contributed by atoms with Crippen LogP contribution in [-0.4, -0.2) is 77.8 Å². The number of ether oxygens (including phenoxy) is 1. The maximum Gasteiger partial charge on any atom is 0.395 e. The summed E-state index contributed by atoms with van der Waals surface area (Å²) in [5, 5.41) is 9.97. The molecule has 3 aliphatic rings. The molecule has 1 aliphatic carbocycles. The van der Waals surface area contributed by atoms with Crippen molar-refractivity contribution in [1.82, 2.24) is 9.80 Å². The van der Waals surface area contributed by atoms with Crippen molar-refractivity contribution in [2.75, 3.05) is 32.8 Å². The van der Waals surface area contributed by atoms with Crippen LogP contribution in [0.5, 0.6) is 5.75 Å². The average molecular weight is 578 g/mol. The summed E-state index contributed by atoms with van der Waals surface area (Å²) in [5.74, 6) is -1.13. The molecule has 2 heterocycles. The number of carbonyl (C=O) groups is 2. The van der Waals surface area contributed by atoms with Gasteiger partial charge in [0, 0.05) is 24.2 Å². The maximum absolute atomic E-state index is 15.0. The molecule has 0 spiro atoms. The number of primary amides is 1. The highest BCUT2D eigenvalue weighted by Crippen LogP contribution is 2.53. The lowest BCUT2D eigenvalue weighted by Crippen LogP contribution is -2.53. The summed E-state index contributed by atoms with van der Waals surface area (Å²) < 4.78 is 61.5. The lowest BCUT2D eigenvalue weighted by atomic mass is 9.67. The van der Waals surface area contributed by atoms with E-state index in [0.29, 0.717) is 37.4 Å². The second-order valence-electron chi connectivity index (χ2n) is 11.6. The molecular weight excluding hydrogens is 542 g/mol. The van der Waals surface area contributed by atoms with Gasteiger partial charge in [0.25, 0.3) is 5.91 Å². The number of carbonyl (C=O) groups excluding carboxylic acids is 2. The molecule has 1 saturated carbocycles. The van der Waals surface area contributed by atoms with Gasteiger partial charge in [-0.25, -0.2) is 4.39 Å². The second-order valence-corrected chi connectivity index (χ2v) is 11.6. The number of benzene rings is 2. The lowest BCUT2D eigenvalue weighted by Gasteiger charge is -2.47. The van der Waals surface area contributed by atoms with Crippen molar-refractivity contribution in [2.45, 2.75) is 56.8 Å². The number of aliphatic hydroxyl groups is 1. The van der Waals surface area contributed by atoms with E-state index in [4.69, 9.17) is 10.5 Å². The molecule has 2 aromatic carbocycles. The van der Waals surface area contributed by atoms with Gasteiger partial charge in [0.05, 0.1) is 18.1 Å². The quantitative estimate of drug-likeness (QED) is 0.455. The van der Waals surface area contributed by atoms with Crippen molar-refractivity contribution in [1.29, 1.82) is 0 Å². The molecule has 0 aromatic heterocycles. The van der Waals surface area contributed by atoms with Crippen LogP contribution in [0, 0.1) is 17.2 Å². The van der Waals surface area contributed by atoms with Crippen molar-refractivity contribution < 1.29 is 37.0 Å². The molecule has 11 heteroatoms. The number of piperidine rings is 1. The molecule has 0 bridgehead atoms. The molecule has 2 amide bonds. The molecule has 0 radical (unpaired) electrons. The van der Waals surface area contributed by atoms with Gasteiger partial charge < -0.3 is 25.4 Å². The van der Waals surface area contributed by atoms with Crippen LogP contribution in [0.15, 0.2) is 42.5 Å². The van der Waals surface area contributed by atoms with E-state index in [1.54, 1.807) is 24.3 Å². The van der Waals surface area contributed by atoms with Crippen LogP contribution in [0.1, 0.15) is 48.9 Å². The number of nitrogens with two attached hydrogens (primary N) is 1. The van der Waals surface area contributed by atoms with Crippen molar-refractivity contribution in [3.63, 3.8) is 0 Å². The molecule has 0 unspecified atom stereocenters. The van der Waals surface area contributed by atoms with Gasteiger partial charge in [0.15, 0.2) is 0 Å². The number of halogens is 4. The zero-order chi connectivity index (χ0) is 29.4. The fraction of sp³-hybridized carbons (Fsp3) is 0.533. The van der Waals surface area contributed by atoms with Gasteiger partial charge >= 0.3 is 6.18 Å². The van der Waals surface area contributed by atoms with Crippen molar-refractivity contribution in [3.05, 3.63) is 53.8 Å². The van der Waals surface area contributed by atoms with Gasteiger partial charge in [0.1, 0.15) is 17.6 Å². The number of rotatable bonds is 8. The van der Waals surface area contributed by atoms with Crippen LogP contribution in [0.3, 0.4) is 0 Å². The molecule has 41 heavy (non-hydrogen) atoms. The smallest absolute Gasteiger partial charge is 0.395 e. The van der Waals surface area contributed by atoms with E-state index in [1.807, 2.05) is 4.90 Å². The Kier molecular flexibility index (Phi) is 8.29. The highest BCUT2D eigenvalue weighted by molar-refractivity contribution is 5.98. The van der Waals surface area contributed by atoms with Crippen LogP contribution in [0.4, 0.5) is 17.6 Å². The molecular formula is C30H35F4N3O4. The van der Waals surface area contributed by atoms with E-state index < -0.39 is 41.4 Å². The highest BCUT2D eigenvalue weighted by Gasteiger charge is 2.58. The first-order valence-electron chi connectivity index (χ1n) is 14.1. The van der Waals surface area contributed by atoms with Crippen molar-refractivity contribution in [3.8, 4) is 16.9 Å². The third kappa shape index (κ3) is 6.06. The Balaban J connectivity index is 1.13. The minimum atomic E-state index is -4.15. The van der Waals surface area contributed by atoms with Crippen molar-refractivity contribution in [2.24, 2.45) is 17.1 Å². The summed E-state index contributed by atoms with van der Waals surface area (Å²) in [5.41, 5.74) is 4.73. The first kappa shape index (κ1) is 29.3. The van der Waals surface area contributed by atoms with E-state index >= 15 is 4.39 Å². The molecule has 2 aromatic rings. The third-order valence-corrected chi connectivity index (χ3v) is 8.93. The number of hydrogen-bond acceptors (Lipinski definition) is 5. The molecule has 2 saturated heterocycles. The fourth-order valence-electron chi connectivity index (χ4n) is 6.21. The number of aliphatic hydroxyl groups excluding tert-OH is 1. The van der Waals surface area contributed by atoms with Crippen LogP contribution in [0.2, 0.25) is 0 Å². The Morgan fingerprint density at radius 2 is 1.71 bits per heavy atom. The van der Waals surface area contributed by atoms with Crippen LogP contribution >= 0.6 is 0 Å². The van der Waals surface area contributed by atoms with E-state index in [0.717, 1.165) is 18.9 Å². The summed E-state index contributed by atoms with van der Waals surface area (Å²) >= 11 is 0. The van der Waals surface area contributed by atoms with Crippen LogP contribution < -0.4 is 10.5 Å². The zero-order valence-electron chi connectivity index (χ0n) is 22.7. The molecule has 222 valence electrons. The molecule has 7 nitrogen and oxygen atoms in total. The first-order chi connectivity index (χ1) is 19.5. The normalized spacial score (nSPS) is 23.3. The van der Waals surface area contributed by atoms with Crippen molar-refractivity contribution >= 4 is 11.8 Å². The molecule has 3 fully saturated rings. The topological polar surface area (TPSA) is 96.1 Å². The highest BCUT2D eigenvalue weighted by atomic mass is 19.4. The monoisotopic (exact) mass is 577 g/mol. The minimum Gasteiger partial charge on any atom is -0.493 e. The van der Waals surface area contributed by atoms with Gasteiger partial charge in [-0.1, -0.05) is 24.6 Å². The number of amides is 2. The van der Waals surface area contributed by atoms with E-state index in [2.05, 4.69) is 0 Å². The van der Waals surface area contributed by atoms with Gasteiger partial charge in [-0.3, -0.25) is 9.59 Å². The Hall–Kier alpha value is -3.18. The minimum absolute atomic E-state index is 0.0545. The number of likely N-dealkylation sites (tertiary alicyclic amines) is 2. The largest absolute Gasteiger partial charge is 0.493 e. The summed E-state index contributed by atoms with van der Waals surface area (Å²) in [6.07, 6.45) is -2.33. The Labute approximate surface area is 236 Å². The maximum atomic E-state index is 15.0. The Bertz CT molecular complexity index is 1260. The Morgan fingerprint density at radius 3 is 2.27 bits per heavy atom. The summed E-state index contributed by atoms with van der Waals surface area (Å²) in [7, 11) is 0. The lowest BCUT2D eigenvalue weighted by molar-refractivity contribution is -0.256. The van der Waals surface area contributed by atoms with Crippen LogP contribution in [-0.2, 0) is 4.79 Å². The number of hydrogen-bond donors (Lipinski definition) is 2. The van der Waals surface area contributed by atoms with E-state index in [1.165, 1.54) is 17.0 Å². The van der Waals surface area contributed by atoms with Crippen LogP contribution in [0.25, 0.3) is 11.1 Å². The summed E-state index contributed by atoms with van der Waals surface area (Å²) in [6.45, 7) is 1.96. The SMILES string of the molecule is NC(=O)[C@@H]1[C@@H](O)CCN1C(=O)c1ccc(-c2ccc(OCC3CCN(CC4(C(F)(F)F)CCC4)CC3)cc2)c(F)c1. The van der Waals surface area contributed by atoms with Gasteiger partial charge in [0.2, 0.25) is 5.91 Å². The van der Waals surface area contributed by atoms with Gasteiger partial charge in [-0.15, -0.1) is 0 Å². The zero-order valence-corrected chi connectivity index (χ0v) is 22.7. The first-order valence-corrected chi connectivity index (χ1v) is 14.1. The predicted octanol–water partition coefficient (Wildman–Crippen LogP) is 4.38. The van der Waals surface area contributed by atoms with E-state index in [-0.39, 0.29) is 49.4 Å². The summed E-state index contributed by atoms with van der Waals surface area (Å²) in [6, 6.07) is 9.83. The van der Waals surface area contributed by atoms with Gasteiger partial charge in [-0.05, 0) is 80.9 Å². The molecule has 2 atom stereocenters.